The molecule has 0 heterocycles. The summed E-state index contributed by atoms with van der Waals surface area (Å²) in [4.78, 5) is 20.4. The Balaban J connectivity index is 3.39. The first-order chi connectivity index (χ1) is 6.43. The molecule has 0 fully saturated rings. The highest BCUT2D eigenvalue weighted by atomic mass is 79.9. The molecule has 0 aromatic heterocycles. The molecule has 0 unspecified atom stereocenters. The maximum Gasteiger partial charge on any atom is 0.318 e. The van der Waals surface area contributed by atoms with Crippen LogP contribution in [0.2, 0.25) is 0 Å². The van der Waals surface area contributed by atoms with Crippen LogP contribution in [0.3, 0.4) is 0 Å². The molecule has 0 saturated heterocycles. The molecule has 0 aliphatic carbocycles. The quantitative estimate of drug-likeness (QED) is 0.467. The van der Waals surface area contributed by atoms with Crippen LogP contribution >= 0.6 is 15.9 Å². The molecule has 1 aromatic carbocycles. The summed E-state index contributed by atoms with van der Waals surface area (Å²) in [5.74, 6) is -1.37. The highest BCUT2D eigenvalue weighted by Crippen LogP contribution is 2.29. The molecule has 74 valence electrons. The number of ketones is 1. The Morgan fingerprint density at radius 3 is 2.50 bits per heavy atom. The molecule has 0 saturated carbocycles. The van der Waals surface area contributed by atoms with Gasteiger partial charge in [0.1, 0.15) is 0 Å². The summed E-state index contributed by atoms with van der Waals surface area (Å²) in [7, 11) is 0. The highest BCUT2D eigenvalue weighted by Gasteiger charge is 2.20. The third kappa shape index (κ3) is 1.95. The molecule has 14 heavy (non-hydrogen) atoms. The van der Waals surface area contributed by atoms with Gasteiger partial charge < -0.3 is 0 Å². The van der Waals surface area contributed by atoms with E-state index in [-0.39, 0.29) is 15.8 Å². The topological polar surface area (TPSA) is 60.2 Å². The number of hydrogen-bond donors (Lipinski definition) is 0. The number of nitro groups is 1. The van der Waals surface area contributed by atoms with Gasteiger partial charge >= 0.3 is 5.69 Å². The van der Waals surface area contributed by atoms with Gasteiger partial charge in [0.2, 0.25) is 5.82 Å². The second-order valence-electron chi connectivity index (χ2n) is 2.60. The monoisotopic (exact) mass is 261 g/mol. The lowest BCUT2D eigenvalue weighted by Gasteiger charge is -1.99. The van der Waals surface area contributed by atoms with Crippen molar-refractivity contribution >= 4 is 27.4 Å². The molecule has 1 aromatic rings. The van der Waals surface area contributed by atoms with E-state index in [2.05, 4.69) is 15.9 Å². The van der Waals surface area contributed by atoms with Crippen LogP contribution in [-0.2, 0) is 0 Å². The van der Waals surface area contributed by atoms with E-state index in [1.807, 2.05) is 0 Å². The lowest BCUT2D eigenvalue weighted by Crippen LogP contribution is -1.99. The van der Waals surface area contributed by atoms with Crippen LogP contribution in [0.1, 0.15) is 17.3 Å². The van der Waals surface area contributed by atoms with Gasteiger partial charge in [-0.3, -0.25) is 14.9 Å². The van der Waals surface area contributed by atoms with Crippen molar-refractivity contribution < 1.29 is 14.1 Å². The first kappa shape index (κ1) is 10.8. The fourth-order valence-corrected chi connectivity index (χ4v) is 1.52. The van der Waals surface area contributed by atoms with E-state index in [9.17, 15) is 19.3 Å². The van der Waals surface area contributed by atoms with Crippen molar-refractivity contribution in [3.8, 4) is 0 Å². The average Bonchev–Trinajstić information content (AvgIpc) is 2.01. The van der Waals surface area contributed by atoms with E-state index in [0.29, 0.717) is 0 Å². The van der Waals surface area contributed by atoms with Crippen molar-refractivity contribution in [1.29, 1.82) is 0 Å². The second-order valence-corrected chi connectivity index (χ2v) is 3.46. The fraction of sp³-hybridized carbons (Fsp3) is 0.125. The van der Waals surface area contributed by atoms with Crippen LogP contribution in [0.4, 0.5) is 10.1 Å². The summed E-state index contributed by atoms with van der Waals surface area (Å²) >= 11 is 2.83. The van der Waals surface area contributed by atoms with E-state index in [1.54, 1.807) is 0 Å². The zero-order valence-corrected chi connectivity index (χ0v) is 8.67. The molecule has 0 N–H and O–H groups in total. The smallest absolute Gasteiger partial charge is 0.295 e. The number of rotatable bonds is 2. The van der Waals surface area contributed by atoms with Gasteiger partial charge in [-0.25, -0.2) is 0 Å². The van der Waals surface area contributed by atoms with Gasteiger partial charge in [0.25, 0.3) is 0 Å². The van der Waals surface area contributed by atoms with Gasteiger partial charge in [-0.2, -0.15) is 4.39 Å². The van der Waals surface area contributed by atoms with E-state index in [0.717, 1.165) is 6.07 Å². The van der Waals surface area contributed by atoms with Crippen molar-refractivity contribution in [2.75, 3.05) is 0 Å². The Morgan fingerprint density at radius 1 is 1.57 bits per heavy atom. The molecule has 0 radical (unpaired) electrons. The van der Waals surface area contributed by atoms with Crippen molar-refractivity contribution in [2.24, 2.45) is 0 Å². The Hall–Kier alpha value is -1.30. The minimum Gasteiger partial charge on any atom is -0.295 e. The lowest BCUT2D eigenvalue weighted by molar-refractivity contribution is -0.388. The van der Waals surface area contributed by atoms with E-state index < -0.39 is 16.4 Å². The number of carbonyl (C=O) groups is 1. The summed E-state index contributed by atoms with van der Waals surface area (Å²) in [6.45, 7) is 1.26. The number of halogens is 2. The van der Waals surface area contributed by atoms with Crippen molar-refractivity contribution in [2.45, 2.75) is 6.92 Å². The van der Waals surface area contributed by atoms with Crippen molar-refractivity contribution in [3.63, 3.8) is 0 Å². The van der Waals surface area contributed by atoms with Crippen LogP contribution < -0.4 is 0 Å². The summed E-state index contributed by atoms with van der Waals surface area (Å²) in [6, 6.07) is 2.08. The SMILES string of the molecule is CC(=O)c1cc(F)c([N+](=O)[O-])c(Br)c1. The molecule has 0 aliphatic rings. The molecular weight excluding hydrogens is 257 g/mol. The molecule has 6 heteroatoms. The van der Waals surface area contributed by atoms with Gasteiger partial charge in [0.15, 0.2) is 5.78 Å². The molecule has 0 atom stereocenters. The predicted molar refractivity (Wildman–Crippen MR) is 50.8 cm³/mol. The van der Waals surface area contributed by atoms with Crippen LogP contribution in [0.5, 0.6) is 0 Å². The largest absolute Gasteiger partial charge is 0.318 e. The van der Waals surface area contributed by atoms with Crippen LogP contribution in [0.25, 0.3) is 0 Å². The van der Waals surface area contributed by atoms with E-state index in [1.165, 1.54) is 13.0 Å². The maximum absolute atomic E-state index is 13.1. The van der Waals surface area contributed by atoms with Crippen LogP contribution in [0.15, 0.2) is 16.6 Å². The average molecular weight is 262 g/mol. The Bertz CT molecular complexity index is 396. The molecule has 0 amide bonds. The van der Waals surface area contributed by atoms with E-state index in [4.69, 9.17) is 0 Å². The Kier molecular flexibility index (Phi) is 2.95. The number of carbonyl (C=O) groups excluding carboxylic acids is 1. The van der Waals surface area contributed by atoms with Crippen LogP contribution in [0, 0.1) is 15.9 Å². The van der Waals surface area contributed by atoms with Gasteiger partial charge in [-0.05, 0) is 35.0 Å². The highest BCUT2D eigenvalue weighted by molar-refractivity contribution is 9.10. The second kappa shape index (κ2) is 3.83. The summed E-state index contributed by atoms with van der Waals surface area (Å²) in [6.07, 6.45) is 0. The normalized spacial score (nSPS) is 9.93. The van der Waals surface area contributed by atoms with Gasteiger partial charge in [0, 0.05) is 5.56 Å². The predicted octanol–water partition coefficient (Wildman–Crippen LogP) is 2.70. The molecule has 0 aliphatic heterocycles. The number of benzene rings is 1. The standard InChI is InChI=1S/C8H5BrFNO3/c1-4(12)5-2-6(9)8(11(13)14)7(10)3-5/h2-3H,1H3. The zero-order chi connectivity index (χ0) is 10.9. The van der Waals surface area contributed by atoms with E-state index >= 15 is 0 Å². The summed E-state index contributed by atoms with van der Waals surface area (Å²) < 4.78 is 13.1. The molecule has 0 bridgehead atoms. The Labute approximate surface area is 87.0 Å². The third-order valence-electron chi connectivity index (χ3n) is 1.61. The third-order valence-corrected chi connectivity index (χ3v) is 2.21. The van der Waals surface area contributed by atoms with Gasteiger partial charge in [-0.1, -0.05) is 0 Å². The number of hydrogen-bond acceptors (Lipinski definition) is 3. The minimum absolute atomic E-state index is 0.0345. The first-order valence-corrected chi connectivity index (χ1v) is 4.37. The summed E-state index contributed by atoms with van der Waals surface area (Å²) in [5.41, 5.74) is -0.560. The lowest BCUT2D eigenvalue weighted by atomic mass is 10.1. The fourth-order valence-electron chi connectivity index (χ4n) is 0.943. The number of Topliss-reactive ketones (excluding diaryl/α,β-unsaturated/α-hetero) is 1. The zero-order valence-electron chi connectivity index (χ0n) is 7.08. The molecule has 0 spiro atoms. The summed E-state index contributed by atoms with van der Waals surface area (Å²) in [5, 5.41) is 10.4. The van der Waals surface area contributed by atoms with Gasteiger partial charge in [-0.15, -0.1) is 0 Å². The Morgan fingerprint density at radius 2 is 2.14 bits per heavy atom. The molecular formula is C8H5BrFNO3. The molecule has 1 rings (SSSR count). The molecule has 4 nitrogen and oxygen atoms in total. The maximum atomic E-state index is 13.1. The van der Waals surface area contributed by atoms with Crippen LogP contribution in [-0.4, -0.2) is 10.7 Å². The number of nitro benzene ring substituents is 1. The number of nitrogens with zero attached hydrogens (tertiary/aromatic N) is 1. The first-order valence-electron chi connectivity index (χ1n) is 3.58. The van der Waals surface area contributed by atoms with Gasteiger partial charge in [0.05, 0.1) is 9.40 Å². The van der Waals surface area contributed by atoms with Crippen molar-refractivity contribution in [1.82, 2.24) is 0 Å². The minimum atomic E-state index is -1.02. The van der Waals surface area contributed by atoms with Crippen molar-refractivity contribution in [3.05, 3.63) is 38.1 Å².